The summed E-state index contributed by atoms with van der Waals surface area (Å²) in [5.74, 6) is 0.303. The lowest BCUT2D eigenvalue weighted by atomic mass is 10.1. The molecule has 2 heterocycles. The average molecular weight is 304 g/mol. The first-order chi connectivity index (χ1) is 10.1. The molecule has 0 unspecified atom stereocenters. The molecule has 0 aliphatic carbocycles. The van der Waals surface area contributed by atoms with Crippen LogP contribution in [0.5, 0.6) is 5.88 Å². The van der Waals surface area contributed by atoms with Crippen LogP contribution in [0.3, 0.4) is 0 Å². The molecule has 3 aromatic rings. The van der Waals surface area contributed by atoms with Gasteiger partial charge in [0.25, 0.3) is 11.6 Å². The molecule has 21 heavy (non-hydrogen) atoms. The van der Waals surface area contributed by atoms with Crippen molar-refractivity contribution in [2.24, 2.45) is 0 Å². The van der Waals surface area contributed by atoms with Crippen molar-refractivity contribution in [2.75, 3.05) is 7.11 Å². The van der Waals surface area contributed by atoms with E-state index in [9.17, 15) is 5.21 Å². The van der Waals surface area contributed by atoms with Crippen molar-refractivity contribution in [3.63, 3.8) is 0 Å². The number of H-pyrrole nitrogens is 1. The zero-order valence-corrected chi connectivity index (χ0v) is 12.4. The maximum absolute atomic E-state index is 12.3. The molecule has 3 rings (SSSR count). The number of nitrogens with zero attached hydrogens (tertiary/aromatic N) is 2. The first kappa shape index (κ1) is 13.7. The number of rotatable bonds is 3. The first-order valence-corrected chi connectivity index (χ1v) is 6.87. The maximum atomic E-state index is 12.3. The molecule has 6 heteroatoms. The van der Waals surface area contributed by atoms with Crippen LogP contribution >= 0.6 is 11.6 Å². The van der Waals surface area contributed by atoms with Crippen LogP contribution in [-0.2, 0) is 6.42 Å². The van der Waals surface area contributed by atoms with Crippen LogP contribution in [0.1, 0.15) is 17.0 Å². The molecular weight excluding hydrogens is 290 g/mol. The second-order valence-electron chi connectivity index (χ2n) is 4.77. The van der Waals surface area contributed by atoms with Gasteiger partial charge in [-0.25, -0.2) is 4.98 Å². The second-order valence-corrected chi connectivity index (χ2v) is 5.13. The smallest absolute Gasteiger partial charge is 0.308 e. The number of methoxy groups -OCH3 is 1. The van der Waals surface area contributed by atoms with E-state index in [0.29, 0.717) is 28.4 Å². The molecule has 0 aliphatic rings. The lowest BCUT2D eigenvalue weighted by molar-refractivity contribution is -0.612. The largest absolute Gasteiger partial charge is 0.617 e. The molecule has 0 fully saturated rings. The van der Waals surface area contributed by atoms with Gasteiger partial charge in [-0.05, 0) is 30.2 Å². The van der Waals surface area contributed by atoms with Crippen LogP contribution in [-0.4, -0.2) is 17.1 Å². The van der Waals surface area contributed by atoms with Crippen LogP contribution in [0.4, 0.5) is 0 Å². The van der Waals surface area contributed by atoms with Gasteiger partial charge in [-0.1, -0.05) is 18.2 Å². The number of aromatic nitrogens is 3. The average Bonchev–Trinajstić information content (AvgIpc) is 2.91. The Morgan fingerprint density at radius 2 is 2.14 bits per heavy atom. The van der Waals surface area contributed by atoms with Crippen molar-refractivity contribution in [2.45, 2.75) is 13.3 Å². The van der Waals surface area contributed by atoms with Crippen LogP contribution < -0.4 is 9.47 Å². The summed E-state index contributed by atoms with van der Waals surface area (Å²) < 4.78 is 5.91. The van der Waals surface area contributed by atoms with Gasteiger partial charge >= 0.3 is 5.15 Å². The molecule has 0 saturated heterocycles. The quantitative estimate of drug-likeness (QED) is 0.597. The van der Waals surface area contributed by atoms with Crippen LogP contribution in [0, 0.1) is 12.1 Å². The van der Waals surface area contributed by atoms with Crippen molar-refractivity contribution in [1.29, 1.82) is 0 Å². The standard InChI is InChI=1S/C15H14ClN3O2/c1-9-14(16)19(20)13(15(18-9)21-2)7-10-8-17-12-6-4-3-5-11(10)12/h3-6,8,17H,7H2,1-2H3. The fourth-order valence-corrected chi connectivity index (χ4v) is 2.53. The minimum Gasteiger partial charge on any atom is -0.617 e. The summed E-state index contributed by atoms with van der Waals surface area (Å²) in [6.45, 7) is 1.68. The molecule has 0 aliphatic heterocycles. The number of aryl methyl sites for hydroxylation is 1. The Morgan fingerprint density at radius 1 is 1.38 bits per heavy atom. The summed E-state index contributed by atoms with van der Waals surface area (Å²) in [5.41, 5.74) is 2.87. The van der Waals surface area contributed by atoms with E-state index in [1.807, 2.05) is 30.5 Å². The Bertz CT molecular complexity index is 814. The van der Waals surface area contributed by atoms with E-state index in [4.69, 9.17) is 16.3 Å². The van der Waals surface area contributed by atoms with Crippen molar-refractivity contribution >= 4 is 22.5 Å². The van der Waals surface area contributed by atoms with E-state index in [1.165, 1.54) is 7.11 Å². The molecule has 0 bridgehead atoms. The Hall–Kier alpha value is -2.27. The Kier molecular flexibility index (Phi) is 3.43. The zero-order valence-electron chi connectivity index (χ0n) is 11.7. The topological polar surface area (TPSA) is 64.8 Å². The van der Waals surface area contributed by atoms with Gasteiger partial charge in [0.15, 0.2) is 0 Å². The van der Waals surface area contributed by atoms with E-state index in [1.54, 1.807) is 6.92 Å². The highest BCUT2D eigenvalue weighted by Gasteiger charge is 2.23. The van der Waals surface area contributed by atoms with E-state index in [-0.39, 0.29) is 5.15 Å². The number of benzene rings is 1. The fraction of sp³-hybridized carbons (Fsp3) is 0.200. The van der Waals surface area contributed by atoms with Crippen molar-refractivity contribution in [3.8, 4) is 5.88 Å². The second kappa shape index (κ2) is 5.26. The lowest BCUT2D eigenvalue weighted by Crippen LogP contribution is -2.35. The summed E-state index contributed by atoms with van der Waals surface area (Å²) >= 11 is 5.99. The molecule has 5 nitrogen and oxygen atoms in total. The summed E-state index contributed by atoms with van der Waals surface area (Å²) in [7, 11) is 1.49. The summed E-state index contributed by atoms with van der Waals surface area (Å²) in [6.07, 6.45) is 2.28. The van der Waals surface area contributed by atoms with Gasteiger partial charge in [0.05, 0.1) is 13.5 Å². The van der Waals surface area contributed by atoms with Crippen LogP contribution in [0.25, 0.3) is 10.9 Å². The molecule has 0 amide bonds. The number of para-hydroxylation sites is 1. The van der Waals surface area contributed by atoms with E-state index < -0.39 is 0 Å². The van der Waals surface area contributed by atoms with Gasteiger partial charge in [0.1, 0.15) is 5.69 Å². The molecule has 108 valence electrons. The molecule has 0 spiro atoms. The van der Waals surface area contributed by atoms with Gasteiger partial charge in [-0.15, -0.1) is 0 Å². The molecule has 1 N–H and O–H groups in total. The molecule has 0 atom stereocenters. The summed E-state index contributed by atoms with van der Waals surface area (Å²) in [6, 6.07) is 7.91. The van der Waals surface area contributed by atoms with Gasteiger partial charge in [-0.3, -0.25) is 0 Å². The highest BCUT2D eigenvalue weighted by Crippen LogP contribution is 2.24. The van der Waals surface area contributed by atoms with Crippen molar-refractivity contribution < 1.29 is 9.47 Å². The van der Waals surface area contributed by atoms with Gasteiger partial charge in [-0.2, -0.15) is 4.73 Å². The molecule has 1 aromatic carbocycles. The Morgan fingerprint density at radius 3 is 2.90 bits per heavy atom. The van der Waals surface area contributed by atoms with Crippen LogP contribution in [0.2, 0.25) is 5.15 Å². The Labute approximate surface area is 126 Å². The number of nitrogens with one attached hydrogen (secondary N) is 1. The number of hydrogen-bond donors (Lipinski definition) is 1. The van der Waals surface area contributed by atoms with Gasteiger partial charge < -0.3 is 14.9 Å². The third-order valence-corrected chi connectivity index (χ3v) is 3.89. The molecular formula is C15H14ClN3O2. The molecule has 0 saturated carbocycles. The zero-order chi connectivity index (χ0) is 15.0. The third-order valence-electron chi connectivity index (χ3n) is 3.46. The van der Waals surface area contributed by atoms with Crippen LogP contribution in [0.15, 0.2) is 30.5 Å². The predicted molar refractivity (Wildman–Crippen MR) is 80.6 cm³/mol. The number of ether oxygens (including phenoxy) is 1. The predicted octanol–water partition coefficient (Wildman–Crippen LogP) is 2.76. The van der Waals surface area contributed by atoms with Gasteiger partial charge in [0.2, 0.25) is 0 Å². The Balaban J connectivity index is 2.11. The summed E-state index contributed by atoms with van der Waals surface area (Å²) in [5, 5.41) is 13.4. The number of fused-ring (bicyclic) bond motifs is 1. The lowest BCUT2D eigenvalue weighted by Gasteiger charge is -2.10. The highest BCUT2D eigenvalue weighted by atomic mass is 35.5. The minimum atomic E-state index is 0.0747. The minimum absolute atomic E-state index is 0.0747. The fourth-order valence-electron chi connectivity index (χ4n) is 2.38. The van der Waals surface area contributed by atoms with Crippen molar-refractivity contribution in [3.05, 3.63) is 57.8 Å². The maximum Gasteiger partial charge on any atom is 0.308 e. The third kappa shape index (κ3) is 2.29. The van der Waals surface area contributed by atoms with E-state index >= 15 is 0 Å². The molecule has 2 aromatic heterocycles. The summed E-state index contributed by atoms with van der Waals surface area (Å²) in [4.78, 5) is 7.41. The van der Waals surface area contributed by atoms with E-state index in [0.717, 1.165) is 16.5 Å². The normalized spacial score (nSPS) is 11.0. The SMILES string of the molecule is COc1nc(C)c(Cl)[n+]([O-])c1Cc1c[nH]c2ccccc12. The van der Waals surface area contributed by atoms with Crippen molar-refractivity contribution in [1.82, 2.24) is 9.97 Å². The number of halogens is 1. The number of hydrogen-bond acceptors (Lipinski definition) is 3. The highest BCUT2D eigenvalue weighted by molar-refractivity contribution is 6.29. The monoisotopic (exact) mass is 303 g/mol. The van der Waals surface area contributed by atoms with Gasteiger partial charge in [0, 0.05) is 17.1 Å². The number of aromatic amines is 1. The first-order valence-electron chi connectivity index (χ1n) is 6.49. The van der Waals surface area contributed by atoms with E-state index in [2.05, 4.69) is 9.97 Å². The molecule has 0 radical (unpaired) electrons.